The third-order valence-corrected chi connectivity index (χ3v) is 4.72. The van der Waals surface area contributed by atoms with E-state index in [1.54, 1.807) is 10.7 Å². The summed E-state index contributed by atoms with van der Waals surface area (Å²) >= 11 is 6.06. The molecule has 9 heteroatoms. The third-order valence-electron chi connectivity index (χ3n) is 4.48. The number of halogens is 1. The highest BCUT2D eigenvalue weighted by molar-refractivity contribution is 6.30. The van der Waals surface area contributed by atoms with Crippen LogP contribution in [-0.4, -0.2) is 42.2 Å². The molecule has 0 bridgehead atoms. The van der Waals surface area contributed by atoms with Crippen LogP contribution in [0.5, 0.6) is 0 Å². The summed E-state index contributed by atoms with van der Waals surface area (Å²) in [6.07, 6.45) is 1.42. The number of benzene rings is 1. The van der Waals surface area contributed by atoms with Crippen LogP contribution in [0, 0.1) is 0 Å². The normalized spacial score (nSPS) is 19.3. The Balaban J connectivity index is 1.82. The molecule has 26 heavy (non-hydrogen) atoms. The standard InChI is InChI=1S/C17H16ClN5O3/c18-10-3-1-2-9(4-10)5-13-14-15(21-17(25)26)19-8-20-16(14)23(22-13)11-6-12(24)7-11/h1-4,8,11-12,24H,5-7H2,(H,25,26)(H,19,20,21). The Bertz CT molecular complexity index is 984. The molecule has 2 aromatic heterocycles. The van der Waals surface area contributed by atoms with Gasteiger partial charge in [0.15, 0.2) is 5.65 Å². The van der Waals surface area contributed by atoms with E-state index >= 15 is 0 Å². The van der Waals surface area contributed by atoms with Crippen LogP contribution < -0.4 is 5.32 Å². The summed E-state index contributed by atoms with van der Waals surface area (Å²) < 4.78 is 1.76. The number of carboxylic acid groups (broad SMARTS) is 1. The van der Waals surface area contributed by atoms with Gasteiger partial charge in [0, 0.05) is 11.4 Å². The molecule has 0 radical (unpaired) electrons. The third kappa shape index (κ3) is 3.09. The molecule has 1 aliphatic rings. The molecule has 8 nitrogen and oxygen atoms in total. The van der Waals surface area contributed by atoms with Crippen molar-refractivity contribution in [3.63, 3.8) is 0 Å². The Labute approximate surface area is 153 Å². The highest BCUT2D eigenvalue weighted by Gasteiger charge is 2.32. The van der Waals surface area contributed by atoms with Crippen molar-refractivity contribution in [1.82, 2.24) is 19.7 Å². The first-order chi connectivity index (χ1) is 12.5. The van der Waals surface area contributed by atoms with E-state index in [9.17, 15) is 9.90 Å². The second-order valence-electron chi connectivity index (χ2n) is 6.33. The molecule has 1 fully saturated rings. The molecule has 1 aliphatic carbocycles. The van der Waals surface area contributed by atoms with Crippen molar-refractivity contribution in [3.8, 4) is 0 Å². The van der Waals surface area contributed by atoms with E-state index in [0.29, 0.717) is 41.0 Å². The molecule has 1 aromatic carbocycles. The van der Waals surface area contributed by atoms with Crippen molar-refractivity contribution in [1.29, 1.82) is 0 Å². The molecular formula is C17H16ClN5O3. The smallest absolute Gasteiger partial charge is 0.410 e. The number of nitrogens with zero attached hydrogens (tertiary/aromatic N) is 4. The maximum Gasteiger partial charge on any atom is 0.410 e. The lowest BCUT2D eigenvalue weighted by Gasteiger charge is -2.31. The number of carbonyl (C=O) groups is 1. The van der Waals surface area contributed by atoms with Crippen LogP contribution in [0.3, 0.4) is 0 Å². The van der Waals surface area contributed by atoms with E-state index in [-0.39, 0.29) is 18.0 Å². The van der Waals surface area contributed by atoms with Gasteiger partial charge in [-0.05, 0) is 30.5 Å². The van der Waals surface area contributed by atoms with E-state index in [0.717, 1.165) is 5.56 Å². The van der Waals surface area contributed by atoms with Gasteiger partial charge >= 0.3 is 6.09 Å². The number of hydrogen-bond acceptors (Lipinski definition) is 5. The average Bonchev–Trinajstić information content (AvgIpc) is 2.91. The maximum absolute atomic E-state index is 11.1. The van der Waals surface area contributed by atoms with Gasteiger partial charge in [-0.2, -0.15) is 5.10 Å². The number of hydrogen-bond donors (Lipinski definition) is 3. The molecule has 134 valence electrons. The second-order valence-corrected chi connectivity index (χ2v) is 6.76. The lowest BCUT2D eigenvalue weighted by Crippen LogP contribution is -2.31. The summed E-state index contributed by atoms with van der Waals surface area (Å²) in [7, 11) is 0. The van der Waals surface area contributed by atoms with Crippen molar-refractivity contribution >= 4 is 34.5 Å². The topological polar surface area (TPSA) is 113 Å². The molecule has 0 spiro atoms. The van der Waals surface area contributed by atoms with Crippen molar-refractivity contribution in [3.05, 3.63) is 46.9 Å². The van der Waals surface area contributed by atoms with E-state index in [1.807, 2.05) is 18.2 Å². The van der Waals surface area contributed by atoms with Crippen LogP contribution in [0.15, 0.2) is 30.6 Å². The summed E-state index contributed by atoms with van der Waals surface area (Å²) in [4.78, 5) is 19.5. The number of aromatic nitrogens is 4. The van der Waals surface area contributed by atoms with Gasteiger partial charge < -0.3 is 10.2 Å². The molecule has 3 aromatic rings. The first-order valence-corrected chi connectivity index (χ1v) is 8.53. The van der Waals surface area contributed by atoms with Crippen LogP contribution in [0.4, 0.5) is 10.6 Å². The van der Waals surface area contributed by atoms with Gasteiger partial charge in [0.2, 0.25) is 0 Å². The molecule has 3 N–H and O–H groups in total. The van der Waals surface area contributed by atoms with Crippen LogP contribution in [0.25, 0.3) is 11.0 Å². The van der Waals surface area contributed by atoms with Crippen molar-refractivity contribution < 1.29 is 15.0 Å². The Morgan fingerprint density at radius 1 is 1.35 bits per heavy atom. The Morgan fingerprint density at radius 3 is 2.85 bits per heavy atom. The average molecular weight is 374 g/mol. The number of rotatable bonds is 4. The summed E-state index contributed by atoms with van der Waals surface area (Å²) in [5, 5.41) is 26.9. The number of fused-ring (bicyclic) bond motifs is 1. The first-order valence-electron chi connectivity index (χ1n) is 8.16. The molecule has 1 amide bonds. The van der Waals surface area contributed by atoms with Gasteiger partial charge in [-0.1, -0.05) is 23.7 Å². The lowest BCUT2D eigenvalue weighted by atomic mass is 9.90. The fraction of sp³-hybridized carbons (Fsp3) is 0.294. The molecular weight excluding hydrogens is 358 g/mol. The number of aliphatic hydroxyl groups excluding tert-OH is 1. The Kier molecular flexibility index (Phi) is 4.21. The van der Waals surface area contributed by atoms with Gasteiger partial charge in [0.25, 0.3) is 0 Å². The molecule has 0 saturated heterocycles. The quantitative estimate of drug-likeness (QED) is 0.648. The highest BCUT2D eigenvalue weighted by Crippen LogP contribution is 2.36. The minimum atomic E-state index is -1.20. The zero-order valence-corrected chi connectivity index (χ0v) is 14.4. The molecule has 0 atom stereocenters. The largest absolute Gasteiger partial charge is 0.465 e. The van der Waals surface area contributed by atoms with Crippen LogP contribution >= 0.6 is 11.6 Å². The van der Waals surface area contributed by atoms with Crippen LogP contribution in [0.2, 0.25) is 5.02 Å². The summed E-state index contributed by atoms with van der Waals surface area (Å²) in [5.41, 5.74) is 2.16. The predicted octanol–water partition coefficient (Wildman–Crippen LogP) is 2.86. The van der Waals surface area contributed by atoms with Crippen molar-refractivity contribution in [2.45, 2.75) is 31.4 Å². The minimum Gasteiger partial charge on any atom is -0.465 e. The van der Waals surface area contributed by atoms with E-state index in [1.165, 1.54) is 6.33 Å². The molecule has 1 saturated carbocycles. The monoisotopic (exact) mass is 373 g/mol. The minimum absolute atomic E-state index is 0.0354. The summed E-state index contributed by atoms with van der Waals surface area (Å²) in [6.45, 7) is 0. The Morgan fingerprint density at radius 2 is 2.15 bits per heavy atom. The SMILES string of the molecule is O=C(O)Nc1ncnc2c1c(Cc1cccc(Cl)c1)nn2C1CC(O)C1. The number of anilines is 1. The van der Waals surface area contributed by atoms with Crippen molar-refractivity contribution in [2.24, 2.45) is 0 Å². The maximum atomic E-state index is 11.1. The number of aliphatic hydroxyl groups is 1. The lowest BCUT2D eigenvalue weighted by molar-refractivity contribution is 0.0449. The van der Waals surface area contributed by atoms with Crippen LogP contribution in [0.1, 0.15) is 30.1 Å². The molecule has 4 rings (SSSR count). The van der Waals surface area contributed by atoms with Gasteiger partial charge in [-0.25, -0.2) is 19.4 Å². The zero-order valence-electron chi connectivity index (χ0n) is 13.6. The fourth-order valence-corrected chi connectivity index (χ4v) is 3.43. The second kappa shape index (κ2) is 6.54. The summed E-state index contributed by atoms with van der Waals surface area (Å²) in [5.74, 6) is 0.200. The number of nitrogens with one attached hydrogen (secondary N) is 1. The van der Waals surface area contributed by atoms with Crippen molar-refractivity contribution in [2.75, 3.05) is 5.32 Å². The summed E-state index contributed by atoms with van der Waals surface area (Å²) in [6, 6.07) is 7.45. The first kappa shape index (κ1) is 16.7. The van der Waals surface area contributed by atoms with E-state index in [2.05, 4.69) is 20.4 Å². The predicted molar refractivity (Wildman–Crippen MR) is 95.5 cm³/mol. The van der Waals surface area contributed by atoms with Gasteiger partial charge in [-0.3, -0.25) is 5.32 Å². The van der Waals surface area contributed by atoms with Gasteiger partial charge in [0.05, 0.1) is 23.2 Å². The van der Waals surface area contributed by atoms with Crippen LogP contribution in [-0.2, 0) is 6.42 Å². The Hall–Kier alpha value is -2.71. The van der Waals surface area contributed by atoms with E-state index in [4.69, 9.17) is 16.7 Å². The molecule has 0 unspecified atom stereocenters. The van der Waals surface area contributed by atoms with E-state index < -0.39 is 6.09 Å². The highest BCUT2D eigenvalue weighted by atomic mass is 35.5. The van der Waals surface area contributed by atoms with Gasteiger partial charge in [-0.15, -0.1) is 0 Å². The molecule has 0 aliphatic heterocycles. The zero-order chi connectivity index (χ0) is 18.3. The van der Waals surface area contributed by atoms with Gasteiger partial charge in [0.1, 0.15) is 12.1 Å². The fourth-order valence-electron chi connectivity index (χ4n) is 3.22. The number of amides is 1. The molecule has 2 heterocycles.